The molecule has 0 heterocycles. The van der Waals surface area contributed by atoms with Crippen LogP contribution in [0.2, 0.25) is 0 Å². The molecule has 31 heavy (non-hydrogen) atoms. The van der Waals surface area contributed by atoms with Crippen LogP contribution in [0.1, 0.15) is 31.4 Å². The van der Waals surface area contributed by atoms with Crippen LogP contribution in [-0.4, -0.2) is 17.0 Å². The topological polar surface area (TPSA) is 63.6 Å². The summed E-state index contributed by atoms with van der Waals surface area (Å²) in [4.78, 5) is 25.3. The van der Waals surface area contributed by atoms with E-state index in [-0.39, 0.29) is 11.8 Å². The number of carboxylic acid groups (broad SMARTS) is 1. The molecule has 0 radical (unpaired) electrons. The van der Waals surface area contributed by atoms with Crippen molar-refractivity contribution < 1.29 is 19.4 Å². The minimum absolute atomic E-state index is 0.0577. The summed E-state index contributed by atoms with van der Waals surface area (Å²) in [6.45, 7) is 4.21. The summed E-state index contributed by atoms with van der Waals surface area (Å²) in [5.74, 6) is -2.28. The molecule has 5 rings (SSSR count). The van der Waals surface area contributed by atoms with Crippen LogP contribution >= 0.6 is 0 Å². The largest absolute Gasteiger partial charge is 0.481 e. The lowest BCUT2D eigenvalue weighted by molar-refractivity contribution is -0.152. The number of carbonyl (C=O) groups is 2. The summed E-state index contributed by atoms with van der Waals surface area (Å²) in [6.07, 6.45) is 6.46. The van der Waals surface area contributed by atoms with E-state index in [0.29, 0.717) is 12.2 Å². The van der Waals surface area contributed by atoms with Crippen molar-refractivity contribution in [3.05, 3.63) is 65.7 Å². The molecular formula is C27H26O4. The van der Waals surface area contributed by atoms with E-state index >= 15 is 0 Å². The fourth-order valence-electron chi connectivity index (χ4n) is 5.38. The number of rotatable bonds is 5. The lowest BCUT2D eigenvalue weighted by Crippen LogP contribution is -2.35. The van der Waals surface area contributed by atoms with Crippen LogP contribution in [-0.2, 0) is 22.4 Å². The standard InChI is InChI=1S/C27H26O4/c1-3-15-6-10-21-20(11-15)13-17-7-5-16(4-2)12-22(17)25(21)31-27(30)24-19-9-8-18(14-19)23(24)26(28)29/h5-13,18-19,23-24H,3-4,14H2,1-2H3,(H,28,29). The van der Waals surface area contributed by atoms with Crippen LogP contribution in [0.3, 0.4) is 0 Å². The number of carbonyl (C=O) groups excluding carboxylic acids is 1. The third kappa shape index (κ3) is 3.21. The van der Waals surface area contributed by atoms with E-state index in [0.717, 1.165) is 34.4 Å². The Morgan fingerprint density at radius 1 is 0.871 bits per heavy atom. The summed E-state index contributed by atoms with van der Waals surface area (Å²) >= 11 is 0. The number of carboxylic acids is 1. The van der Waals surface area contributed by atoms with Crippen molar-refractivity contribution in [2.45, 2.75) is 33.1 Å². The van der Waals surface area contributed by atoms with Gasteiger partial charge in [-0.1, -0.05) is 56.3 Å². The van der Waals surface area contributed by atoms with Gasteiger partial charge in [0.25, 0.3) is 0 Å². The Bertz CT molecular complexity index is 1240. The number of esters is 1. The predicted molar refractivity (Wildman–Crippen MR) is 121 cm³/mol. The van der Waals surface area contributed by atoms with Gasteiger partial charge in [0.05, 0.1) is 11.8 Å². The van der Waals surface area contributed by atoms with E-state index in [1.807, 2.05) is 18.2 Å². The molecule has 1 saturated carbocycles. The van der Waals surface area contributed by atoms with Crippen LogP contribution < -0.4 is 4.74 Å². The maximum absolute atomic E-state index is 13.4. The molecule has 3 aromatic rings. The lowest BCUT2D eigenvalue weighted by atomic mass is 9.83. The first-order chi connectivity index (χ1) is 15.0. The molecule has 4 nitrogen and oxygen atoms in total. The molecule has 0 spiro atoms. The maximum Gasteiger partial charge on any atom is 0.315 e. The van der Waals surface area contributed by atoms with Crippen LogP contribution in [0.25, 0.3) is 21.5 Å². The Balaban J connectivity index is 1.64. The van der Waals surface area contributed by atoms with Gasteiger partial charge in [-0.2, -0.15) is 0 Å². The Hall–Kier alpha value is -3.14. The Morgan fingerprint density at radius 2 is 1.55 bits per heavy atom. The van der Waals surface area contributed by atoms with E-state index in [4.69, 9.17) is 4.74 Å². The number of allylic oxidation sites excluding steroid dienone is 2. The number of benzene rings is 3. The first kappa shape index (κ1) is 19.8. The zero-order chi connectivity index (χ0) is 21.7. The van der Waals surface area contributed by atoms with Crippen LogP contribution in [0.4, 0.5) is 0 Å². The van der Waals surface area contributed by atoms with Gasteiger partial charge in [0.1, 0.15) is 5.75 Å². The van der Waals surface area contributed by atoms with Crippen molar-refractivity contribution in [3.63, 3.8) is 0 Å². The van der Waals surface area contributed by atoms with Gasteiger partial charge in [-0.15, -0.1) is 0 Å². The molecule has 0 amide bonds. The van der Waals surface area contributed by atoms with E-state index in [9.17, 15) is 14.7 Å². The molecule has 0 aliphatic heterocycles. The number of hydrogen-bond donors (Lipinski definition) is 1. The first-order valence-electron chi connectivity index (χ1n) is 11.1. The first-order valence-corrected chi connectivity index (χ1v) is 11.1. The predicted octanol–water partition coefficient (Wildman–Crippen LogP) is 5.55. The molecule has 1 fully saturated rings. The lowest BCUT2D eigenvalue weighted by Gasteiger charge is -2.23. The monoisotopic (exact) mass is 414 g/mol. The Morgan fingerprint density at radius 3 is 2.26 bits per heavy atom. The average Bonchev–Trinajstić information content (AvgIpc) is 3.40. The molecule has 2 aliphatic rings. The van der Waals surface area contributed by atoms with Crippen LogP contribution in [0.5, 0.6) is 5.75 Å². The fraction of sp³-hybridized carbons (Fsp3) is 0.333. The third-order valence-electron chi connectivity index (χ3n) is 7.07. The fourth-order valence-corrected chi connectivity index (χ4v) is 5.38. The third-order valence-corrected chi connectivity index (χ3v) is 7.07. The molecule has 4 heteroatoms. The minimum Gasteiger partial charge on any atom is -0.481 e. The summed E-state index contributed by atoms with van der Waals surface area (Å²) < 4.78 is 6.09. The van der Waals surface area contributed by atoms with Crippen LogP contribution in [0.15, 0.2) is 54.6 Å². The van der Waals surface area contributed by atoms with E-state index in [1.165, 1.54) is 11.1 Å². The van der Waals surface area contributed by atoms with Gasteiger partial charge in [-0.05, 0) is 65.1 Å². The molecule has 4 unspecified atom stereocenters. The zero-order valence-corrected chi connectivity index (χ0v) is 17.8. The molecule has 2 bridgehead atoms. The average molecular weight is 415 g/mol. The highest BCUT2D eigenvalue weighted by Crippen LogP contribution is 2.49. The second-order valence-corrected chi connectivity index (χ2v) is 8.78. The van der Waals surface area contributed by atoms with Gasteiger partial charge in [-0.3, -0.25) is 9.59 Å². The van der Waals surface area contributed by atoms with Crippen LogP contribution in [0, 0.1) is 23.7 Å². The number of aliphatic carboxylic acids is 1. The molecule has 0 saturated heterocycles. The highest BCUT2D eigenvalue weighted by Gasteiger charge is 2.52. The van der Waals surface area contributed by atoms with Gasteiger partial charge < -0.3 is 9.84 Å². The molecule has 0 aromatic heterocycles. The van der Waals surface area contributed by atoms with E-state index in [1.54, 1.807) is 0 Å². The summed E-state index contributed by atoms with van der Waals surface area (Å²) in [7, 11) is 0. The second-order valence-electron chi connectivity index (χ2n) is 8.78. The molecule has 158 valence electrons. The number of hydrogen-bond acceptors (Lipinski definition) is 3. The van der Waals surface area contributed by atoms with Crippen molar-refractivity contribution >= 4 is 33.5 Å². The smallest absolute Gasteiger partial charge is 0.315 e. The molecule has 3 aromatic carbocycles. The van der Waals surface area contributed by atoms with Gasteiger partial charge in [0.15, 0.2) is 0 Å². The Kier molecular flexibility index (Phi) is 4.81. The molecule has 4 atom stereocenters. The summed E-state index contributed by atoms with van der Waals surface area (Å²) in [5.41, 5.74) is 2.39. The van der Waals surface area contributed by atoms with Gasteiger partial charge >= 0.3 is 11.9 Å². The highest BCUT2D eigenvalue weighted by molar-refractivity contribution is 6.07. The maximum atomic E-state index is 13.4. The summed E-state index contributed by atoms with van der Waals surface area (Å²) in [5, 5.41) is 13.6. The number of ether oxygens (including phenoxy) is 1. The number of aryl methyl sites for hydroxylation is 2. The van der Waals surface area contributed by atoms with Crippen molar-refractivity contribution in [2.75, 3.05) is 0 Å². The molecule has 1 N–H and O–H groups in total. The van der Waals surface area contributed by atoms with Crippen molar-refractivity contribution in [2.24, 2.45) is 23.7 Å². The Labute approximate surface area is 181 Å². The van der Waals surface area contributed by atoms with Gasteiger partial charge in [0, 0.05) is 10.8 Å². The second kappa shape index (κ2) is 7.52. The van der Waals surface area contributed by atoms with Crippen molar-refractivity contribution in [1.29, 1.82) is 0 Å². The van der Waals surface area contributed by atoms with Crippen molar-refractivity contribution in [3.8, 4) is 5.75 Å². The molecular weight excluding hydrogens is 388 g/mol. The van der Waals surface area contributed by atoms with Gasteiger partial charge in [0.2, 0.25) is 0 Å². The van der Waals surface area contributed by atoms with E-state index < -0.39 is 23.8 Å². The number of fused-ring (bicyclic) bond motifs is 4. The minimum atomic E-state index is -0.914. The SMILES string of the molecule is CCc1ccc2c(OC(=O)C3C4C=CC(C4)C3C(=O)O)c3cc(CC)ccc3cc2c1. The quantitative estimate of drug-likeness (QED) is 0.257. The summed E-state index contributed by atoms with van der Waals surface area (Å²) in [6, 6.07) is 14.6. The van der Waals surface area contributed by atoms with E-state index in [2.05, 4.69) is 50.2 Å². The highest BCUT2D eigenvalue weighted by atomic mass is 16.5. The normalized spacial score (nSPS) is 24.2. The van der Waals surface area contributed by atoms with Gasteiger partial charge in [-0.25, -0.2) is 0 Å². The van der Waals surface area contributed by atoms with Crippen molar-refractivity contribution in [1.82, 2.24) is 0 Å². The zero-order valence-electron chi connectivity index (χ0n) is 17.8. The molecule has 2 aliphatic carbocycles.